The van der Waals surface area contributed by atoms with Crippen molar-refractivity contribution in [3.8, 4) is 0 Å². The molecule has 64 valence electrons. The summed E-state index contributed by atoms with van der Waals surface area (Å²) in [5.41, 5.74) is 0.805. The zero-order valence-corrected chi connectivity index (χ0v) is 6.84. The van der Waals surface area contributed by atoms with Gasteiger partial charge in [-0.1, -0.05) is 0 Å². The first kappa shape index (κ1) is 8.53. The quantitative estimate of drug-likeness (QED) is 0.512. The minimum absolute atomic E-state index is 0.250. The molecule has 0 aromatic carbocycles. The van der Waals surface area contributed by atoms with Crippen LogP contribution in [0.5, 0.6) is 0 Å². The Morgan fingerprint density at radius 1 is 1.64 bits per heavy atom. The Labute approximate surface area is 66.8 Å². The van der Waals surface area contributed by atoms with Crippen LogP contribution in [-0.4, -0.2) is 24.2 Å². The van der Waals surface area contributed by atoms with E-state index in [0.29, 0.717) is 0 Å². The fourth-order valence-electron chi connectivity index (χ4n) is 1.74. The van der Waals surface area contributed by atoms with Crippen molar-refractivity contribution in [1.29, 1.82) is 0 Å². The molecule has 0 aromatic heterocycles. The molecule has 0 bridgehead atoms. The molecule has 0 amide bonds. The van der Waals surface area contributed by atoms with E-state index in [2.05, 4.69) is 12.2 Å². The zero-order valence-electron chi connectivity index (χ0n) is 6.84. The molecular formula is C8H15NO2. The van der Waals surface area contributed by atoms with Gasteiger partial charge < -0.3 is 10.4 Å². The van der Waals surface area contributed by atoms with Crippen LogP contribution < -0.4 is 5.32 Å². The maximum absolute atomic E-state index is 8.36. The molecule has 1 aliphatic carbocycles. The number of carbonyl (C=O) groups is 1. The van der Waals surface area contributed by atoms with Gasteiger partial charge in [0.25, 0.3) is 6.47 Å². The summed E-state index contributed by atoms with van der Waals surface area (Å²) < 4.78 is 0. The molecule has 1 spiro atoms. The maximum Gasteiger partial charge on any atom is 0.290 e. The monoisotopic (exact) mass is 157 g/mol. The molecule has 1 atom stereocenters. The van der Waals surface area contributed by atoms with Crippen molar-refractivity contribution in [1.82, 2.24) is 5.32 Å². The SMILES string of the molecule is CC1CC2(CC2)CN1.O=CO. The van der Waals surface area contributed by atoms with Gasteiger partial charge in [-0.3, -0.25) is 4.79 Å². The summed E-state index contributed by atoms with van der Waals surface area (Å²) in [6.45, 7) is 3.33. The molecule has 0 aromatic rings. The average molecular weight is 157 g/mol. The molecule has 1 heterocycles. The van der Waals surface area contributed by atoms with Crippen molar-refractivity contribution in [2.75, 3.05) is 6.54 Å². The highest BCUT2D eigenvalue weighted by Gasteiger charge is 2.46. The fraction of sp³-hybridized carbons (Fsp3) is 0.875. The van der Waals surface area contributed by atoms with E-state index >= 15 is 0 Å². The summed E-state index contributed by atoms with van der Waals surface area (Å²) in [6.07, 6.45) is 4.42. The molecule has 1 saturated heterocycles. The van der Waals surface area contributed by atoms with Crippen molar-refractivity contribution in [3.63, 3.8) is 0 Å². The highest BCUT2D eigenvalue weighted by Crippen LogP contribution is 2.51. The number of hydrogen-bond acceptors (Lipinski definition) is 2. The van der Waals surface area contributed by atoms with Gasteiger partial charge in [0.1, 0.15) is 0 Å². The van der Waals surface area contributed by atoms with Crippen LogP contribution in [0.15, 0.2) is 0 Å². The standard InChI is InChI=1S/C7H13N.CH2O2/c1-6-4-7(2-3-7)5-8-6;2-1-3/h6,8H,2-5H2,1H3;1H,(H,2,3). The van der Waals surface area contributed by atoms with E-state index in [0.717, 1.165) is 11.5 Å². The third kappa shape index (κ3) is 2.19. The molecular weight excluding hydrogens is 142 g/mol. The molecule has 11 heavy (non-hydrogen) atoms. The number of carboxylic acid groups (broad SMARTS) is 1. The summed E-state index contributed by atoms with van der Waals surface area (Å²) in [5, 5.41) is 10.4. The van der Waals surface area contributed by atoms with Crippen LogP contribution in [0.1, 0.15) is 26.2 Å². The minimum atomic E-state index is -0.250. The second kappa shape index (κ2) is 3.22. The third-order valence-electron chi connectivity index (χ3n) is 2.52. The van der Waals surface area contributed by atoms with Gasteiger partial charge >= 0.3 is 0 Å². The second-order valence-electron chi connectivity index (χ2n) is 3.59. The first-order valence-corrected chi connectivity index (χ1v) is 4.04. The summed E-state index contributed by atoms with van der Waals surface area (Å²) >= 11 is 0. The van der Waals surface area contributed by atoms with Crippen LogP contribution in [0.2, 0.25) is 0 Å². The van der Waals surface area contributed by atoms with Gasteiger partial charge in [0.05, 0.1) is 0 Å². The Balaban J connectivity index is 0.000000179. The predicted molar refractivity (Wildman–Crippen MR) is 42.4 cm³/mol. The number of rotatable bonds is 0. The minimum Gasteiger partial charge on any atom is -0.483 e. The second-order valence-corrected chi connectivity index (χ2v) is 3.59. The maximum atomic E-state index is 8.36. The lowest BCUT2D eigenvalue weighted by molar-refractivity contribution is -0.122. The molecule has 3 heteroatoms. The highest BCUT2D eigenvalue weighted by molar-refractivity contribution is 5.32. The van der Waals surface area contributed by atoms with E-state index in [4.69, 9.17) is 9.90 Å². The Hall–Kier alpha value is -0.570. The Morgan fingerprint density at radius 2 is 2.18 bits per heavy atom. The van der Waals surface area contributed by atoms with E-state index in [1.807, 2.05) is 0 Å². The largest absolute Gasteiger partial charge is 0.483 e. The number of nitrogens with one attached hydrogen (secondary N) is 1. The summed E-state index contributed by atoms with van der Waals surface area (Å²) in [4.78, 5) is 8.36. The van der Waals surface area contributed by atoms with E-state index in [1.54, 1.807) is 0 Å². The van der Waals surface area contributed by atoms with Crippen LogP contribution in [0.25, 0.3) is 0 Å². The predicted octanol–water partition coefficient (Wildman–Crippen LogP) is 0.849. The molecule has 0 radical (unpaired) electrons. The highest BCUT2D eigenvalue weighted by atomic mass is 16.3. The lowest BCUT2D eigenvalue weighted by Gasteiger charge is -1.99. The normalized spacial score (nSPS) is 30.8. The molecule has 2 N–H and O–H groups in total. The van der Waals surface area contributed by atoms with E-state index in [1.165, 1.54) is 25.8 Å². The first-order valence-electron chi connectivity index (χ1n) is 4.04. The van der Waals surface area contributed by atoms with Gasteiger partial charge in [0.15, 0.2) is 0 Å². The molecule has 1 saturated carbocycles. The Morgan fingerprint density at radius 3 is 2.36 bits per heavy atom. The van der Waals surface area contributed by atoms with Gasteiger partial charge in [-0.2, -0.15) is 0 Å². The van der Waals surface area contributed by atoms with Crippen molar-refractivity contribution in [2.24, 2.45) is 5.41 Å². The molecule has 2 fully saturated rings. The molecule has 1 aliphatic heterocycles. The van der Waals surface area contributed by atoms with Crippen LogP contribution in [0.3, 0.4) is 0 Å². The molecule has 2 aliphatic rings. The smallest absolute Gasteiger partial charge is 0.290 e. The van der Waals surface area contributed by atoms with E-state index in [-0.39, 0.29) is 6.47 Å². The Kier molecular flexibility index (Phi) is 2.49. The first-order chi connectivity index (χ1) is 5.22. The van der Waals surface area contributed by atoms with Gasteiger partial charge in [-0.25, -0.2) is 0 Å². The van der Waals surface area contributed by atoms with Crippen LogP contribution in [0, 0.1) is 5.41 Å². The van der Waals surface area contributed by atoms with Crippen molar-refractivity contribution < 1.29 is 9.90 Å². The topological polar surface area (TPSA) is 49.3 Å². The summed E-state index contributed by atoms with van der Waals surface area (Å²) in [6, 6.07) is 0.803. The molecule has 1 unspecified atom stereocenters. The third-order valence-corrected chi connectivity index (χ3v) is 2.52. The van der Waals surface area contributed by atoms with Crippen LogP contribution >= 0.6 is 0 Å². The lowest BCUT2D eigenvalue weighted by atomic mass is 10.0. The average Bonchev–Trinajstić information content (AvgIpc) is 2.57. The fourth-order valence-corrected chi connectivity index (χ4v) is 1.74. The van der Waals surface area contributed by atoms with Gasteiger partial charge in [0, 0.05) is 12.6 Å². The number of hydrogen-bond donors (Lipinski definition) is 2. The summed E-state index contributed by atoms with van der Waals surface area (Å²) in [5.74, 6) is 0. The van der Waals surface area contributed by atoms with Gasteiger partial charge in [0.2, 0.25) is 0 Å². The van der Waals surface area contributed by atoms with Crippen molar-refractivity contribution >= 4 is 6.47 Å². The van der Waals surface area contributed by atoms with Gasteiger partial charge in [-0.05, 0) is 31.6 Å². The zero-order chi connectivity index (χ0) is 8.32. The molecule has 2 rings (SSSR count). The Bertz CT molecular complexity index is 143. The van der Waals surface area contributed by atoms with Crippen molar-refractivity contribution in [3.05, 3.63) is 0 Å². The van der Waals surface area contributed by atoms with Crippen molar-refractivity contribution in [2.45, 2.75) is 32.2 Å². The summed E-state index contributed by atoms with van der Waals surface area (Å²) in [7, 11) is 0. The van der Waals surface area contributed by atoms with Crippen LogP contribution in [0.4, 0.5) is 0 Å². The van der Waals surface area contributed by atoms with E-state index < -0.39 is 0 Å². The molecule has 3 nitrogen and oxygen atoms in total. The lowest BCUT2D eigenvalue weighted by Crippen LogP contribution is -2.16. The van der Waals surface area contributed by atoms with E-state index in [9.17, 15) is 0 Å². The van der Waals surface area contributed by atoms with Gasteiger partial charge in [-0.15, -0.1) is 0 Å². The van der Waals surface area contributed by atoms with Crippen LogP contribution in [-0.2, 0) is 4.79 Å².